The number of ether oxygens (including phenoxy) is 1. The van der Waals surface area contributed by atoms with Crippen molar-refractivity contribution in [1.29, 1.82) is 0 Å². The summed E-state index contributed by atoms with van der Waals surface area (Å²) in [4.78, 5) is 4.84. The van der Waals surface area contributed by atoms with Gasteiger partial charge >= 0.3 is 29.6 Å². The molecule has 0 atom stereocenters. The van der Waals surface area contributed by atoms with Gasteiger partial charge in [-0.3, -0.25) is 0 Å². The van der Waals surface area contributed by atoms with Crippen molar-refractivity contribution in [2.75, 3.05) is 7.11 Å². The summed E-state index contributed by atoms with van der Waals surface area (Å²) in [6.45, 7) is 1.92. The van der Waals surface area contributed by atoms with E-state index in [0.29, 0.717) is 17.9 Å². The number of hydrogen-bond acceptors (Lipinski definition) is 4. The summed E-state index contributed by atoms with van der Waals surface area (Å²) in [5, 5.41) is 1.78. The van der Waals surface area contributed by atoms with E-state index in [0.717, 1.165) is 21.2 Å². The molecular weight excluding hydrogens is 233 g/mol. The fourth-order valence-corrected chi connectivity index (χ4v) is 2.05. The molecule has 78 valence electrons. The molecule has 0 aliphatic heterocycles. The van der Waals surface area contributed by atoms with E-state index in [4.69, 9.17) is 4.74 Å². The van der Waals surface area contributed by atoms with Crippen molar-refractivity contribution in [2.24, 2.45) is 0 Å². The molecule has 0 spiro atoms. The molecule has 16 heavy (non-hydrogen) atoms. The maximum atomic E-state index is 11.0. The summed E-state index contributed by atoms with van der Waals surface area (Å²) in [6, 6.07) is 5.67. The second kappa shape index (κ2) is 5.89. The van der Waals surface area contributed by atoms with Gasteiger partial charge in [0.25, 0.3) is 0 Å². The third kappa shape index (κ3) is 2.36. The van der Waals surface area contributed by atoms with Crippen LogP contribution >= 0.6 is 12.0 Å². The third-order valence-corrected chi connectivity index (χ3v) is 3.04. The van der Waals surface area contributed by atoms with Crippen LogP contribution in [-0.2, 0) is 0 Å². The molecule has 0 aliphatic rings. The molecule has 1 aromatic carbocycles. The van der Waals surface area contributed by atoms with Gasteiger partial charge in [-0.1, -0.05) is 6.07 Å². The fourth-order valence-electron chi connectivity index (χ4n) is 1.58. The van der Waals surface area contributed by atoms with Crippen LogP contribution in [0, 0.1) is 6.92 Å². The van der Waals surface area contributed by atoms with E-state index in [-0.39, 0.29) is 29.6 Å². The Balaban J connectivity index is 0.00000128. The SMILES string of the molecule is COc1nccc2c(S[O-])c(C)ccc12.[Na+]. The first kappa shape index (κ1) is 13.8. The first-order chi connectivity index (χ1) is 7.27. The first-order valence-corrected chi connectivity index (χ1v) is 5.24. The number of hydrogen-bond donors (Lipinski definition) is 0. The smallest absolute Gasteiger partial charge is 0.795 e. The van der Waals surface area contributed by atoms with E-state index in [1.54, 1.807) is 13.3 Å². The standard InChI is InChI=1S/C11H11NO2S.Na/c1-7-3-4-9-8(10(7)15-13)5-6-12-11(9)14-2;/h3-6,13H,1-2H3;/q;+1/p-1. The van der Waals surface area contributed by atoms with Crippen LogP contribution in [0.25, 0.3) is 10.8 Å². The van der Waals surface area contributed by atoms with Crippen molar-refractivity contribution in [3.8, 4) is 5.88 Å². The molecular formula is C11H10NNaO2S. The Morgan fingerprint density at radius 3 is 2.62 bits per heavy atom. The maximum Gasteiger partial charge on any atom is 1.00 e. The molecule has 1 aromatic heterocycles. The van der Waals surface area contributed by atoms with Gasteiger partial charge in [0.2, 0.25) is 5.88 Å². The van der Waals surface area contributed by atoms with Crippen molar-refractivity contribution in [1.82, 2.24) is 4.98 Å². The van der Waals surface area contributed by atoms with Gasteiger partial charge in [0.05, 0.1) is 7.11 Å². The predicted molar refractivity (Wildman–Crippen MR) is 59.7 cm³/mol. The van der Waals surface area contributed by atoms with Crippen molar-refractivity contribution in [2.45, 2.75) is 11.8 Å². The molecule has 0 unspecified atom stereocenters. The quantitative estimate of drug-likeness (QED) is 0.540. The number of methoxy groups -OCH3 is 1. The first-order valence-electron chi connectivity index (χ1n) is 4.50. The van der Waals surface area contributed by atoms with E-state index in [1.807, 2.05) is 25.1 Å². The van der Waals surface area contributed by atoms with Gasteiger partial charge in [0, 0.05) is 21.9 Å². The van der Waals surface area contributed by atoms with E-state index in [1.165, 1.54) is 0 Å². The van der Waals surface area contributed by atoms with Crippen LogP contribution in [0.2, 0.25) is 0 Å². The Kier molecular flexibility index (Phi) is 5.08. The summed E-state index contributed by atoms with van der Waals surface area (Å²) < 4.78 is 16.2. The zero-order chi connectivity index (χ0) is 10.8. The second-order valence-electron chi connectivity index (χ2n) is 3.21. The molecule has 0 aliphatic carbocycles. The Labute approximate surface area is 121 Å². The summed E-state index contributed by atoms with van der Waals surface area (Å²) >= 11 is 0.511. The van der Waals surface area contributed by atoms with Crippen LogP contribution in [-0.4, -0.2) is 16.6 Å². The van der Waals surface area contributed by atoms with Crippen molar-refractivity contribution in [3.05, 3.63) is 30.0 Å². The largest absolute Gasteiger partial charge is 1.00 e. The van der Waals surface area contributed by atoms with Crippen LogP contribution in [0.4, 0.5) is 0 Å². The van der Waals surface area contributed by atoms with Gasteiger partial charge in [0.15, 0.2) is 0 Å². The Morgan fingerprint density at radius 1 is 1.25 bits per heavy atom. The number of aryl methyl sites for hydroxylation is 1. The summed E-state index contributed by atoms with van der Waals surface area (Å²) in [6.07, 6.45) is 1.65. The minimum atomic E-state index is 0. The number of fused-ring (bicyclic) bond motifs is 1. The number of aromatic nitrogens is 1. The van der Waals surface area contributed by atoms with E-state index < -0.39 is 0 Å². The minimum Gasteiger partial charge on any atom is -0.795 e. The average Bonchev–Trinajstić information content (AvgIpc) is 2.28. The Morgan fingerprint density at radius 2 is 2.00 bits per heavy atom. The van der Waals surface area contributed by atoms with Crippen LogP contribution < -0.4 is 34.3 Å². The van der Waals surface area contributed by atoms with Crippen LogP contribution in [0.5, 0.6) is 5.88 Å². The number of rotatable bonds is 2. The third-order valence-electron chi connectivity index (χ3n) is 2.33. The Hall–Kier alpha value is -0.260. The van der Waals surface area contributed by atoms with E-state index in [2.05, 4.69) is 4.98 Å². The monoisotopic (exact) mass is 243 g/mol. The molecule has 0 saturated carbocycles. The van der Waals surface area contributed by atoms with E-state index >= 15 is 0 Å². The molecule has 0 saturated heterocycles. The topological polar surface area (TPSA) is 45.2 Å². The zero-order valence-corrected chi connectivity index (χ0v) is 12.3. The van der Waals surface area contributed by atoms with Gasteiger partial charge in [-0.15, -0.1) is 0 Å². The summed E-state index contributed by atoms with van der Waals surface area (Å²) in [5.74, 6) is 0.558. The van der Waals surface area contributed by atoms with E-state index in [9.17, 15) is 4.55 Å². The molecule has 0 fully saturated rings. The molecule has 3 nitrogen and oxygen atoms in total. The Bertz CT molecular complexity index is 505. The summed E-state index contributed by atoms with van der Waals surface area (Å²) in [5.41, 5.74) is 0.982. The molecule has 1 heterocycles. The van der Waals surface area contributed by atoms with Gasteiger partial charge < -0.3 is 9.29 Å². The van der Waals surface area contributed by atoms with Gasteiger partial charge in [-0.05, 0) is 24.6 Å². The molecule has 0 amide bonds. The van der Waals surface area contributed by atoms with Crippen LogP contribution in [0.3, 0.4) is 0 Å². The molecule has 2 rings (SSSR count). The van der Waals surface area contributed by atoms with Gasteiger partial charge in [-0.2, -0.15) is 0 Å². The molecule has 0 bridgehead atoms. The molecule has 2 aromatic rings. The van der Waals surface area contributed by atoms with Gasteiger partial charge in [0.1, 0.15) is 0 Å². The summed E-state index contributed by atoms with van der Waals surface area (Å²) in [7, 11) is 1.58. The second-order valence-corrected chi connectivity index (χ2v) is 3.79. The van der Waals surface area contributed by atoms with Crippen LogP contribution in [0.15, 0.2) is 29.3 Å². The molecule has 0 N–H and O–H groups in total. The predicted octanol–water partition coefficient (Wildman–Crippen LogP) is -0.222. The average molecular weight is 243 g/mol. The van der Waals surface area contributed by atoms with Gasteiger partial charge in [-0.25, -0.2) is 17.0 Å². The number of nitrogens with zero attached hydrogens (tertiary/aromatic N) is 1. The number of pyridine rings is 1. The molecule has 5 heteroatoms. The van der Waals surface area contributed by atoms with Crippen molar-refractivity contribution >= 4 is 22.8 Å². The normalized spacial score (nSPS) is 9.94. The maximum absolute atomic E-state index is 11.0. The van der Waals surface area contributed by atoms with Crippen molar-refractivity contribution < 1.29 is 38.8 Å². The fraction of sp³-hybridized carbons (Fsp3) is 0.182. The molecule has 0 radical (unpaired) electrons. The number of benzene rings is 1. The van der Waals surface area contributed by atoms with Crippen LogP contribution in [0.1, 0.15) is 5.56 Å². The zero-order valence-electron chi connectivity index (χ0n) is 9.48. The van der Waals surface area contributed by atoms with Crippen molar-refractivity contribution in [3.63, 3.8) is 0 Å². The minimum absolute atomic E-state index is 0.